The molecular formula is C23H32N2O5. The van der Waals surface area contributed by atoms with Crippen molar-refractivity contribution in [2.45, 2.75) is 32.1 Å². The minimum atomic E-state index is -0.0148. The fourth-order valence-corrected chi connectivity index (χ4v) is 5.28. The summed E-state index contributed by atoms with van der Waals surface area (Å²) in [6.07, 6.45) is 4.88. The third-order valence-corrected chi connectivity index (χ3v) is 7.15. The second kappa shape index (κ2) is 8.84. The van der Waals surface area contributed by atoms with Crippen LogP contribution >= 0.6 is 0 Å². The molecule has 0 N–H and O–H groups in total. The molecule has 1 aromatic rings. The van der Waals surface area contributed by atoms with Gasteiger partial charge in [0, 0.05) is 32.6 Å². The van der Waals surface area contributed by atoms with E-state index < -0.39 is 0 Å². The third-order valence-electron chi connectivity index (χ3n) is 7.15. The van der Waals surface area contributed by atoms with E-state index in [-0.39, 0.29) is 17.2 Å². The van der Waals surface area contributed by atoms with E-state index in [9.17, 15) is 9.59 Å². The molecule has 0 bridgehead atoms. The topological polar surface area (TPSA) is 68.3 Å². The summed E-state index contributed by atoms with van der Waals surface area (Å²) in [5.74, 6) is 1.62. The molecule has 7 nitrogen and oxygen atoms in total. The van der Waals surface area contributed by atoms with Crippen molar-refractivity contribution in [1.82, 2.24) is 9.80 Å². The number of hydrogen-bond acceptors (Lipinski definition) is 5. The molecule has 2 aliphatic heterocycles. The van der Waals surface area contributed by atoms with Crippen molar-refractivity contribution in [3.63, 3.8) is 0 Å². The van der Waals surface area contributed by atoms with Crippen molar-refractivity contribution in [3.8, 4) is 11.5 Å². The summed E-state index contributed by atoms with van der Waals surface area (Å²) in [5, 5.41) is 0. The van der Waals surface area contributed by atoms with Crippen LogP contribution in [0.3, 0.4) is 0 Å². The van der Waals surface area contributed by atoms with E-state index >= 15 is 0 Å². The molecule has 1 spiro atoms. The molecule has 2 amide bonds. The van der Waals surface area contributed by atoms with Crippen LogP contribution in [0.1, 0.15) is 42.5 Å². The molecule has 1 atom stereocenters. The lowest BCUT2D eigenvalue weighted by atomic mass is 9.62. The number of morpholine rings is 1. The lowest BCUT2D eigenvalue weighted by Gasteiger charge is -2.43. The summed E-state index contributed by atoms with van der Waals surface area (Å²) in [7, 11) is 3.14. The molecule has 164 valence electrons. The second-order valence-electron chi connectivity index (χ2n) is 8.67. The summed E-state index contributed by atoms with van der Waals surface area (Å²) >= 11 is 0. The van der Waals surface area contributed by atoms with Gasteiger partial charge in [-0.25, -0.2) is 0 Å². The minimum Gasteiger partial charge on any atom is -0.493 e. The summed E-state index contributed by atoms with van der Waals surface area (Å²) < 4.78 is 16.2. The number of rotatable bonds is 6. The Balaban J connectivity index is 1.44. The average Bonchev–Trinajstić information content (AvgIpc) is 3.17. The summed E-state index contributed by atoms with van der Waals surface area (Å²) in [4.78, 5) is 29.8. The largest absolute Gasteiger partial charge is 0.493 e. The van der Waals surface area contributed by atoms with E-state index in [2.05, 4.69) is 0 Å². The number of amides is 2. The van der Waals surface area contributed by atoms with Crippen LogP contribution in [0.15, 0.2) is 18.2 Å². The highest BCUT2D eigenvalue weighted by molar-refractivity contribution is 5.98. The first-order chi connectivity index (χ1) is 14.6. The van der Waals surface area contributed by atoms with E-state index in [1.54, 1.807) is 26.4 Å². The molecule has 3 fully saturated rings. The van der Waals surface area contributed by atoms with Crippen molar-refractivity contribution < 1.29 is 23.8 Å². The number of likely N-dealkylation sites (tertiary alicyclic amines) is 1. The van der Waals surface area contributed by atoms with Gasteiger partial charge in [-0.05, 0) is 42.7 Å². The Hall–Kier alpha value is -2.28. The Morgan fingerprint density at radius 2 is 1.90 bits per heavy atom. The predicted octanol–water partition coefficient (Wildman–Crippen LogP) is 2.59. The van der Waals surface area contributed by atoms with Crippen molar-refractivity contribution in [2.24, 2.45) is 11.3 Å². The maximum Gasteiger partial charge on any atom is 0.257 e. The van der Waals surface area contributed by atoms with Crippen molar-refractivity contribution in [3.05, 3.63) is 23.8 Å². The number of carbonyl (C=O) groups excluding carboxylic acids is 2. The average molecular weight is 417 g/mol. The maximum absolute atomic E-state index is 13.4. The number of hydrogen-bond donors (Lipinski definition) is 0. The molecule has 30 heavy (non-hydrogen) atoms. The number of carbonyl (C=O) groups is 2. The molecule has 1 saturated carbocycles. The normalized spacial score (nSPS) is 22.7. The molecule has 0 radical (unpaired) electrons. The monoisotopic (exact) mass is 416 g/mol. The number of para-hydroxylation sites is 1. The van der Waals surface area contributed by atoms with Crippen LogP contribution in [0.4, 0.5) is 0 Å². The Bertz CT molecular complexity index is 786. The van der Waals surface area contributed by atoms with Gasteiger partial charge in [0.05, 0.1) is 33.0 Å². The molecule has 1 unspecified atom stereocenters. The SMILES string of the molecule is COc1cccc(C(=O)N2CC(CCC(=O)N3CCOCC3)C3(CCC3)C2)c1OC. The number of ether oxygens (including phenoxy) is 3. The fraction of sp³-hybridized carbons (Fsp3) is 0.652. The zero-order valence-electron chi connectivity index (χ0n) is 18.0. The molecule has 1 aromatic carbocycles. The van der Waals surface area contributed by atoms with Crippen molar-refractivity contribution in [2.75, 3.05) is 53.6 Å². The van der Waals surface area contributed by atoms with Gasteiger partial charge in [-0.3, -0.25) is 9.59 Å². The van der Waals surface area contributed by atoms with E-state index in [1.165, 1.54) is 6.42 Å². The van der Waals surface area contributed by atoms with Crippen LogP contribution < -0.4 is 9.47 Å². The van der Waals surface area contributed by atoms with E-state index in [0.717, 1.165) is 25.8 Å². The van der Waals surface area contributed by atoms with Crippen LogP contribution in [0, 0.1) is 11.3 Å². The second-order valence-corrected chi connectivity index (χ2v) is 8.67. The Labute approximate surface area is 178 Å². The van der Waals surface area contributed by atoms with Gasteiger partial charge in [-0.2, -0.15) is 0 Å². The van der Waals surface area contributed by atoms with Crippen LogP contribution in [-0.4, -0.2) is 75.2 Å². The summed E-state index contributed by atoms with van der Waals surface area (Å²) in [6, 6.07) is 5.42. The number of methoxy groups -OCH3 is 2. The highest BCUT2D eigenvalue weighted by Crippen LogP contribution is 2.53. The molecule has 1 aliphatic carbocycles. The molecule has 2 saturated heterocycles. The smallest absolute Gasteiger partial charge is 0.257 e. The highest BCUT2D eigenvalue weighted by atomic mass is 16.5. The molecule has 3 aliphatic rings. The fourth-order valence-electron chi connectivity index (χ4n) is 5.28. The van der Waals surface area contributed by atoms with Crippen LogP contribution in [-0.2, 0) is 9.53 Å². The minimum absolute atomic E-state index is 0.0148. The number of benzene rings is 1. The summed E-state index contributed by atoms with van der Waals surface area (Å²) in [6.45, 7) is 4.11. The van der Waals surface area contributed by atoms with Crippen molar-refractivity contribution in [1.29, 1.82) is 0 Å². The van der Waals surface area contributed by atoms with Gasteiger partial charge in [0.1, 0.15) is 0 Å². The third kappa shape index (κ3) is 3.87. The Morgan fingerprint density at radius 3 is 2.53 bits per heavy atom. The zero-order chi connectivity index (χ0) is 21.1. The lowest BCUT2D eigenvalue weighted by molar-refractivity contribution is -0.135. The van der Waals surface area contributed by atoms with Gasteiger partial charge >= 0.3 is 0 Å². The Morgan fingerprint density at radius 1 is 1.13 bits per heavy atom. The zero-order valence-corrected chi connectivity index (χ0v) is 18.0. The number of nitrogens with zero attached hydrogens (tertiary/aromatic N) is 2. The van der Waals surface area contributed by atoms with Gasteiger partial charge in [-0.15, -0.1) is 0 Å². The molecule has 4 rings (SSSR count). The Kier molecular flexibility index (Phi) is 6.18. The van der Waals surface area contributed by atoms with E-state index in [4.69, 9.17) is 14.2 Å². The van der Waals surface area contributed by atoms with Crippen LogP contribution in [0.5, 0.6) is 11.5 Å². The van der Waals surface area contributed by atoms with Gasteiger partial charge in [0.2, 0.25) is 5.91 Å². The standard InChI is InChI=1S/C23H32N2O5/c1-28-19-6-3-5-18(21(19)29-2)22(27)25-15-17(23(16-25)9-4-10-23)7-8-20(26)24-11-13-30-14-12-24/h3,5-6,17H,4,7-16H2,1-2H3. The molecule has 0 aromatic heterocycles. The first-order valence-corrected chi connectivity index (χ1v) is 10.9. The molecule has 7 heteroatoms. The van der Waals surface area contributed by atoms with E-state index in [0.29, 0.717) is 62.2 Å². The van der Waals surface area contributed by atoms with Gasteiger partial charge in [0.25, 0.3) is 5.91 Å². The van der Waals surface area contributed by atoms with Gasteiger partial charge in [0.15, 0.2) is 11.5 Å². The molecule has 2 heterocycles. The summed E-state index contributed by atoms with van der Waals surface area (Å²) in [5.41, 5.74) is 0.712. The lowest BCUT2D eigenvalue weighted by Crippen LogP contribution is -2.42. The van der Waals surface area contributed by atoms with Gasteiger partial charge < -0.3 is 24.0 Å². The van der Waals surface area contributed by atoms with Crippen LogP contribution in [0.2, 0.25) is 0 Å². The highest BCUT2D eigenvalue weighted by Gasteiger charge is 2.51. The van der Waals surface area contributed by atoms with Crippen LogP contribution in [0.25, 0.3) is 0 Å². The quantitative estimate of drug-likeness (QED) is 0.713. The first-order valence-electron chi connectivity index (χ1n) is 10.9. The molecular weight excluding hydrogens is 384 g/mol. The van der Waals surface area contributed by atoms with Crippen molar-refractivity contribution >= 4 is 11.8 Å². The maximum atomic E-state index is 13.4. The predicted molar refractivity (Wildman–Crippen MR) is 112 cm³/mol. The first kappa shape index (κ1) is 21.0. The van der Waals surface area contributed by atoms with Gasteiger partial charge in [-0.1, -0.05) is 12.5 Å². The van der Waals surface area contributed by atoms with E-state index in [1.807, 2.05) is 15.9 Å².